The van der Waals surface area contributed by atoms with E-state index < -0.39 is 5.41 Å². The van der Waals surface area contributed by atoms with Gasteiger partial charge in [0.2, 0.25) is 5.91 Å². The summed E-state index contributed by atoms with van der Waals surface area (Å²) in [4.78, 5) is 22.3. The van der Waals surface area contributed by atoms with Crippen molar-refractivity contribution in [3.63, 3.8) is 0 Å². The number of carbonyl (C=O) groups is 1. The molecule has 6 nitrogen and oxygen atoms in total. The van der Waals surface area contributed by atoms with E-state index in [0.29, 0.717) is 5.13 Å². The quantitative estimate of drug-likeness (QED) is 0.667. The Kier molecular flexibility index (Phi) is 5.41. The van der Waals surface area contributed by atoms with E-state index in [2.05, 4.69) is 21.9 Å². The fourth-order valence-electron chi connectivity index (χ4n) is 3.15. The zero-order chi connectivity index (χ0) is 19.4. The van der Waals surface area contributed by atoms with Gasteiger partial charge in [-0.3, -0.25) is 4.79 Å². The third-order valence-electron chi connectivity index (χ3n) is 4.80. The average Bonchev–Trinajstić information content (AvgIpc) is 3.00. The molecule has 1 heterocycles. The van der Waals surface area contributed by atoms with E-state index in [4.69, 9.17) is 11.5 Å². The fourth-order valence-corrected chi connectivity index (χ4v) is 3.81. The fraction of sp³-hybridized carbons (Fsp3) is 0.250. The number of aromatic nitrogens is 1. The first-order valence-corrected chi connectivity index (χ1v) is 9.51. The second-order valence-electron chi connectivity index (χ2n) is 6.61. The van der Waals surface area contributed by atoms with Crippen LogP contribution in [-0.2, 0) is 10.2 Å². The Morgan fingerprint density at radius 3 is 2.56 bits per heavy atom. The number of hydrogen-bond acceptors (Lipinski definition) is 6. The molecule has 1 aromatic heterocycles. The number of anilines is 1. The Bertz CT molecular complexity index is 907. The molecule has 0 spiro atoms. The van der Waals surface area contributed by atoms with E-state index in [1.165, 1.54) is 17.5 Å². The Morgan fingerprint density at radius 2 is 2.07 bits per heavy atom. The van der Waals surface area contributed by atoms with Gasteiger partial charge in [-0.05, 0) is 30.9 Å². The molecule has 27 heavy (non-hydrogen) atoms. The van der Waals surface area contributed by atoms with Gasteiger partial charge in [0.25, 0.3) is 0 Å². The SMILES string of the molecule is C=C(N)/N=C\C(=C/N)c1ccc(C2(C(=O)Nc3ncc(C)s3)CCC2)cc1. The van der Waals surface area contributed by atoms with Gasteiger partial charge < -0.3 is 16.8 Å². The van der Waals surface area contributed by atoms with Crippen molar-refractivity contribution in [3.05, 3.63) is 65.1 Å². The normalized spacial score (nSPS) is 16.1. The average molecular weight is 382 g/mol. The predicted molar refractivity (Wildman–Crippen MR) is 111 cm³/mol. The van der Waals surface area contributed by atoms with Crippen LogP contribution in [0, 0.1) is 6.92 Å². The predicted octanol–water partition coefficient (Wildman–Crippen LogP) is 3.31. The molecule has 140 valence electrons. The Labute approximate surface area is 162 Å². The smallest absolute Gasteiger partial charge is 0.236 e. The summed E-state index contributed by atoms with van der Waals surface area (Å²) in [5.74, 6) is 0.222. The number of nitrogens with zero attached hydrogens (tertiary/aromatic N) is 2. The molecular weight excluding hydrogens is 358 g/mol. The minimum atomic E-state index is -0.496. The molecule has 1 aliphatic carbocycles. The number of hydrogen-bond donors (Lipinski definition) is 3. The molecule has 1 fully saturated rings. The second kappa shape index (κ2) is 7.75. The van der Waals surface area contributed by atoms with Crippen molar-refractivity contribution in [1.82, 2.24) is 4.98 Å². The molecule has 0 unspecified atom stereocenters. The van der Waals surface area contributed by atoms with E-state index in [-0.39, 0.29) is 11.7 Å². The maximum Gasteiger partial charge on any atom is 0.236 e. The van der Waals surface area contributed by atoms with Crippen LogP contribution in [0.3, 0.4) is 0 Å². The summed E-state index contributed by atoms with van der Waals surface area (Å²) in [6.45, 7) is 5.51. The first kappa shape index (κ1) is 18.8. The van der Waals surface area contributed by atoms with Crippen molar-refractivity contribution in [2.24, 2.45) is 16.5 Å². The topological polar surface area (TPSA) is 106 Å². The lowest BCUT2D eigenvalue weighted by Crippen LogP contribution is -2.46. The van der Waals surface area contributed by atoms with E-state index in [9.17, 15) is 4.79 Å². The number of rotatable bonds is 6. The summed E-state index contributed by atoms with van der Waals surface area (Å²) < 4.78 is 0. The number of allylic oxidation sites excluding steroid dienone is 1. The Hall–Kier alpha value is -2.93. The van der Waals surface area contributed by atoms with Crippen LogP contribution in [0.15, 0.2) is 54.1 Å². The number of amides is 1. The zero-order valence-corrected chi connectivity index (χ0v) is 16.1. The Balaban J connectivity index is 1.81. The zero-order valence-electron chi connectivity index (χ0n) is 15.2. The van der Waals surface area contributed by atoms with E-state index in [1.807, 2.05) is 31.2 Å². The molecule has 0 bridgehead atoms. The Morgan fingerprint density at radius 1 is 1.37 bits per heavy atom. The molecule has 0 aliphatic heterocycles. The maximum atomic E-state index is 13.0. The van der Waals surface area contributed by atoms with Gasteiger partial charge in [-0.15, -0.1) is 11.3 Å². The van der Waals surface area contributed by atoms with Crippen LogP contribution in [0.5, 0.6) is 0 Å². The lowest BCUT2D eigenvalue weighted by atomic mass is 9.63. The van der Waals surface area contributed by atoms with Crippen LogP contribution in [0.25, 0.3) is 5.57 Å². The van der Waals surface area contributed by atoms with Crippen LogP contribution >= 0.6 is 11.3 Å². The molecule has 1 saturated carbocycles. The van der Waals surface area contributed by atoms with Crippen LogP contribution in [0.2, 0.25) is 0 Å². The minimum Gasteiger partial charge on any atom is -0.404 e. The molecule has 5 N–H and O–H groups in total. The van der Waals surface area contributed by atoms with Gasteiger partial charge in [-0.2, -0.15) is 0 Å². The van der Waals surface area contributed by atoms with Crippen molar-refractivity contribution < 1.29 is 4.79 Å². The molecule has 1 amide bonds. The molecule has 2 aromatic rings. The lowest BCUT2D eigenvalue weighted by Gasteiger charge is -2.40. The first-order chi connectivity index (χ1) is 12.9. The number of nitrogens with two attached hydrogens (primary N) is 2. The highest BCUT2D eigenvalue weighted by Crippen LogP contribution is 2.45. The molecule has 1 aliphatic rings. The summed E-state index contributed by atoms with van der Waals surface area (Å²) in [6.07, 6.45) is 7.51. The van der Waals surface area contributed by atoms with Crippen LogP contribution in [0.4, 0.5) is 5.13 Å². The van der Waals surface area contributed by atoms with Crippen molar-refractivity contribution in [1.29, 1.82) is 0 Å². The number of benzene rings is 1. The molecular formula is C20H23N5OS. The van der Waals surface area contributed by atoms with E-state index in [1.54, 1.807) is 12.4 Å². The van der Waals surface area contributed by atoms with Gasteiger partial charge >= 0.3 is 0 Å². The summed E-state index contributed by atoms with van der Waals surface area (Å²) in [7, 11) is 0. The molecule has 0 atom stereocenters. The second-order valence-corrected chi connectivity index (χ2v) is 7.85. The number of aliphatic imine (C=N–C) groups is 1. The van der Waals surface area contributed by atoms with Gasteiger partial charge in [0.05, 0.1) is 5.41 Å². The molecule has 1 aromatic carbocycles. The van der Waals surface area contributed by atoms with Gasteiger partial charge in [0.1, 0.15) is 5.82 Å². The summed E-state index contributed by atoms with van der Waals surface area (Å²) in [6, 6.07) is 7.85. The van der Waals surface area contributed by atoms with E-state index in [0.717, 1.165) is 40.8 Å². The van der Waals surface area contributed by atoms with Crippen LogP contribution in [0.1, 0.15) is 35.3 Å². The van der Waals surface area contributed by atoms with Crippen molar-refractivity contribution >= 4 is 34.2 Å². The lowest BCUT2D eigenvalue weighted by molar-refractivity contribution is -0.124. The molecule has 7 heteroatoms. The first-order valence-electron chi connectivity index (χ1n) is 8.70. The van der Waals surface area contributed by atoms with Crippen LogP contribution < -0.4 is 16.8 Å². The third kappa shape index (κ3) is 3.93. The van der Waals surface area contributed by atoms with Gasteiger partial charge in [-0.1, -0.05) is 37.3 Å². The standard InChI is InChI=1S/C20H23N5OS/c1-13-11-24-19(27-13)25-18(26)20(8-3-9-20)17-6-4-15(5-7-17)16(10-21)12-23-14(2)22/h4-7,10-12H,2-3,8-9,21-22H2,1H3,(H,24,25,26)/b16-10+,23-12-. The van der Waals surface area contributed by atoms with Crippen molar-refractivity contribution in [2.75, 3.05) is 5.32 Å². The number of nitrogens with one attached hydrogen (secondary N) is 1. The van der Waals surface area contributed by atoms with E-state index >= 15 is 0 Å². The highest BCUT2D eigenvalue weighted by molar-refractivity contribution is 7.15. The van der Waals surface area contributed by atoms with Gasteiger partial charge in [0.15, 0.2) is 5.13 Å². The summed E-state index contributed by atoms with van der Waals surface area (Å²) in [5, 5.41) is 3.62. The maximum absolute atomic E-state index is 13.0. The van der Waals surface area contributed by atoms with Crippen molar-refractivity contribution in [2.45, 2.75) is 31.6 Å². The third-order valence-corrected chi connectivity index (χ3v) is 5.63. The molecule has 3 rings (SSSR count). The van der Waals surface area contributed by atoms with Gasteiger partial charge in [0, 0.05) is 29.1 Å². The van der Waals surface area contributed by atoms with Crippen molar-refractivity contribution in [3.8, 4) is 0 Å². The number of carbonyl (C=O) groups excluding carboxylic acids is 1. The summed E-state index contributed by atoms with van der Waals surface area (Å²) >= 11 is 1.48. The molecule has 0 saturated heterocycles. The van der Waals surface area contributed by atoms with Gasteiger partial charge in [-0.25, -0.2) is 9.98 Å². The number of aryl methyl sites for hydroxylation is 1. The minimum absolute atomic E-state index is 0.00596. The van der Waals surface area contributed by atoms with Crippen LogP contribution in [-0.4, -0.2) is 17.1 Å². The number of thiazole rings is 1. The highest BCUT2D eigenvalue weighted by atomic mass is 32.1. The summed E-state index contributed by atoms with van der Waals surface area (Å²) in [5.41, 5.74) is 13.3. The highest BCUT2D eigenvalue weighted by Gasteiger charge is 2.45. The largest absolute Gasteiger partial charge is 0.404 e. The monoisotopic (exact) mass is 381 g/mol. The molecule has 0 radical (unpaired) electrons.